The lowest BCUT2D eigenvalue weighted by Gasteiger charge is -2.18. The second-order valence-electron chi connectivity index (χ2n) is 4.18. The minimum absolute atomic E-state index is 0.00766. The van der Waals surface area contributed by atoms with Gasteiger partial charge in [-0.2, -0.15) is 0 Å². The average Bonchev–Trinajstić information content (AvgIpc) is 2.20. The Bertz CT molecular complexity index is 409. The predicted molar refractivity (Wildman–Crippen MR) is 67.2 cm³/mol. The fraction of sp³-hybridized carbons (Fsp3) is 0.417. The van der Waals surface area contributed by atoms with Crippen LogP contribution in [-0.2, 0) is 11.3 Å². The van der Waals surface area contributed by atoms with Crippen molar-refractivity contribution in [3.8, 4) is 0 Å². The molecule has 1 aromatic carbocycles. The van der Waals surface area contributed by atoms with Gasteiger partial charge in [-0.25, -0.2) is 4.39 Å². The number of carboxylic acids is 1. The summed E-state index contributed by atoms with van der Waals surface area (Å²) in [7, 11) is 0. The molecule has 0 aliphatic rings. The first kappa shape index (κ1) is 14.1. The number of hydrogen-bond acceptors (Lipinski definition) is 2. The summed E-state index contributed by atoms with van der Waals surface area (Å²) in [6.07, 6.45) is 0. The van der Waals surface area contributed by atoms with Gasteiger partial charge in [0.05, 0.1) is 0 Å². The molecule has 17 heavy (non-hydrogen) atoms. The van der Waals surface area contributed by atoms with Crippen molar-refractivity contribution in [3.63, 3.8) is 0 Å². The molecular formula is C12H15BrFNO2. The average molecular weight is 304 g/mol. The van der Waals surface area contributed by atoms with Crippen LogP contribution in [0.4, 0.5) is 4.39 Å². The highest BCUT2D eigenvalue weighted by Gasteiger charge is 2.20. The van der Waals surface area contributed by atoms with E-state index < -0.39 is 12.0 Å². The first-order chi connectivity index (χ1) is 7.91. The first-order valence-electron chi connectivity index (χ1n) is 5.32. The lowest BCUT2D eigenvalue weighted by atomic mass is 10.0. The van der Waals surface area contributed by atoms with E-state index in [2.05, 4.69) is 21.2 Å². The standard InChI is InChI=1S/C12H15BrFNO2/c1-7(2)11(12(16)17)15-6-8-3-4-9(14)5-10(8)13/h3-5,7,11,15H,6H2,1-2H3,(H,16,17)/t11-/m0/s1. The van der Waals surface area contributed by atoms with Gasteiger partial charge >= 0.3 is 5.97 Å². The van der Waals surface area contributed by atoms with Crippen LogP contribution in [0.15, 0.2) is 22.7 Å². The Morgan fingerprint density at radius 2 is 2.18 bits per heavy atom. The van der Waals surface area contributed by atoms with E-state index in [1.165, 1.54) is 12.1 Å². The molecule has 0 saturated carbocycles. The molecule has 0 aromatic heterocycles. The maximum absolute atomic E-state index is 12.9. The zero-order valence-electron chi connectivity index (χ0n) is 9.71. The number of hydrogen-bond donors (Lipinski definition) is 2. The summed E-state index contributed by atoms with van der Waals surface area (Å²) in [5.41, 5.74) is 0.832. The molecule has 0 aliphatic heterocycles. The number of carbonyl (C=O) groups is 1. The second kappa shape index (κ2) is 6.12. The molecular weight excluding hydrogens is 289 g/mol. The Hall–Kier alpha value is -0.940. The maximum atomic E-state index is 12.9. The van der Waals surface area contributed by atoms with Crippen LogP contribution in [0.3, 0.4) is 0 Å². The van der Waals surface area contributed by atoms with E-state index in [0.29, 0.717) is 11.0 Å². The molecule has 0 spiro atoms. The Morgan fingerprint density at radius 1 is 1.53 bits per heavy atom. The van der Waals surface area contributed by atoms with Crippen LogP contribution in [-0.4, -0.2) is 17.1 Å². The third kappa shape index (κ3) is 4.09. The quantitative estimate of drug-likeness (QED) is 0.879. The molecule has 5 heteroatoms. The van der Waals surface area contributed by atoms with Crippen molar-refractivity contribution in [2.75, 3.05) is 0 Å². The molecule has 1 aromatic rings. The van der Waals surface area contributed by atoms with Crippen molar-refractivity contribution >= 4 is 21.9 Å². The molecule has 0 radical (unpaired) electrons. The van der Waals surface area contributed by atoms with Gasteiger partial charge < -0.3 is 10.4 Å². The summed E-state index contributed by atoms with van der Waals surface area (Å²) >= 11 is 3.24. The Labute approximate surface area is 108 Å². The largest absolute Gasteiger partial charge is 0.480 e. The molecule has 0 heterocycles. The van der Waals surface area contributed by atoms with Gasteiger partial charge in [0.1, 0.15) is 11.9 Å². The molecule has 1 rings (SSSR count). The smallest absolute Gasteiger partial charge is 0.320 e. The molecule has 94 valence electrons. The predicted octanol–water partition coefficient (Wildman–Crippen LogP) is 2.79. The lowest BCUT2D eigenvalue weighted by molar-refractivity contribution is -0.140. The molecule has 0 bridgehead atoms. The Morgan fingerprint density at radius 3 is 2.65 bits per heavy atom. The molecule has 3 nitrogen and oxygen atoms in total. The van der Waals surface area contributed by atoms with Crippen LogP contribution >= 0.6 is 15.9 Å². The number of carboxylic acid groups (broad SMARTS) is 1. The number of nitrogens with one attached hydrogen (secondary N) is 1. The van der Waals surface area contributed by atoms with Crippen LogP contribution < -0.4 is 5.32 Å². The summed E-state index contributed by atoms with van der Waals surface area (Å²) in [6, 6.07) is 3.74. The van der Waals surface area contributed by atoms with E-state index in [0.717, 1.165) is 5.56 Å². The third-order valence-electron chi connectivity index (χ3n) is 2.46. The molecule has 0 aliphatic carbocycles. The molecule has 1 atom stereocenters. The van der Waals surface area contributed by atoms with Crippen molar-refractivity contribution in [1.82, 2.24) is 5.32 Å². The summed E-state index contributed by atoms with van der Waals surface area (Å²) in [4.78, 5) is 11.0. The van der Waals surface area contributed by atoms with E-state index >= 15 is 0 Å². The summed E-state index contributed by atoms with van der Waals surface area (Å²) < 4.78 is 13.5. The van der Waals surface area contributed by atoms with Gasteiger partial charge in [0.15, 0.2) is 0 Å². The number of rotatable bonds is 5. The normalized spacial score (nSPS) is 12.8. The van der Waals surface area contributed by atoms with Gasteiger partial charge in [0.25, 0.3) is 0 Å². The van der Waals surface area contributed by atoms with Crippen LogP contribution in [0.5, 0.6) is 0 Å². The third-order valence-corrected chi connectivity index (χ3v) is 3.20. The summed E-state index contributed by atoms with van der Waals surface area (Å²) in [5, 5.41) is 11.9. The van der Waals surface area contributed by atoms with Gasteiger partial charge in [0.2, 0.25) is 0 Å². The van der Waals surface area contributed by atoms with Crippen molar-refractivity contribution in [2.45, 2.75) is 26.4 Å². The van der Waals surface area contributed by atoms with E-state index in [1.807, 2.05) is 13.8 Å². The highest BCUT2D eigenvalue weighted by molar-refractivity contribution is 9.10. The van der Waals surface area contributed by atoms with Gasteiger partial charge in [0, 0.05) is 11.0 Å². The second-order valence-corrected chi connectivity index (χ2v) is 5.03. The molecule has 0 amide bonds. The molecule has 0 unspecified atom stereocenters. The van der Waals surface area contributed by atoms with Crippen molar-refractivity contribution in [2.24, 2.45) is 5.92 Å². The van der Waals surface area contributed by atoms with Crippen molar-refractivity contribution in [3.05, 3.63) is 34.1 Å². The Kier molecular flexibility index (Phi) is 5.08. The van der Waals surface area contributed by atoms with Gasteiger partial charge in [-0.15, -0.1) is 0 Å². The fourth-order valence-electron chi connectivity index (χ4n) is 1.49. The van der Waals surface area contributed by atoms with Crippen LogP contribution in [0.2, 0.25) is 0 Å². The zero-order chi connectivity index (χ0) is 13.0. The monoisotopic (exact) mass is 303 g/mol. The van der Waals surface area contributed by atoms with Crippen molar-refractivity contribution < 1.29 is 14.3 Å². The molecule has 2 N–H and O–H groups in total. The van der Waals surface area contributed by atoms with Gasteiger partial charge in [-0.05, 0) is 23.6 Å². The van der Waals surface area contributed by atoms with E-state index in [-0.39, 0.29) is 11.7 Å². The summed E-state index contributed by atoms with van der Waals surface area (Å²) in [5.74, 6) is -1.20. The van der Waals surface area contributed by atoms with Crippen LogP contribution in [0.1, 0.15) is 19.4 Å². The number of benzene rings is 1. The zero-order valence-corrected chi connectivity index (χ0v) is 11.3. The van der Waals surface area contributed by atoms with E-state index in [1.54, 1.807) is 6.07 Å². The highest BCUT2D eigenvalue weighted by atomic mass is 79.9. The minimum Gasteiger partial charge on any atom is -0.480 e. The summed E-state index contributed by atoms with van der Waals surface area (Å²) in [6.45, 7) is 4.06. The van der Waals surface area contributed by atoms with Crippen LogP contribution in [0.25, 0.3) is 0 Å². The van der Waals surface area contributed by atoms with E-state index in [4.69, 9.17) is 5.11 Å². The van der Waals surface area contributed by atoms with Gasteiger partial charge in [-0.1, -0.05) is 35.8 Å². The Balaban J connectivity index is 2.69. The first-order valence-corrected chi connectivity index (χ1v) is 6.11. The number of halogens is 2. The fourth-order valence-corrected chi connectivity index (χ4v) is 1.98. The number of aliphatic carboxylic acids is 1. The van der Waals surface area contributed by atoms with Crippen LogP contribution in [0, 0.1) is 11.7 Å². The highest BCUT2D eigenvalue weighted by Crippen LogP contribution is 2.18. The van der Waals surface area contributed by atoms with Gasteiger partial charge in [-0.3, -0.25) is 4.79 Å². The minimum atomic E-state index is -0.877. The molecule has 0 saturated heterocycles. The van der Waals surface area contributed by atoms with Crippen molar-refractivity contribution in [1.29, 1.82) is 0 Å². The maximum Gasteiger partial charge on any atom is 0.320 e. The topological polar surface area (TPSA) is 49.3 Å². The molecule has 0 fully saturated rings. The van der Waals surface area contributed by atoms with E-state index in [9.17, 15) is 9.18 Å². The SMILES string of the molecule is CC(C)[C@H](NCc1ccc(F)cc1Br)C(=O)O. The lowest BCUT2D eigenvalue weighted by Crippen LogP contribution is -2.40.